The first-order valence-corrected chi connectivity index (χ1v) is 12.9. The number of carbonyl (C=O) groups is 2. The third-order valence-electron chi connectivity index (χ3n) is 5.71. The molecule has 0 saturated heterocycles. The number of primary amides is 2. The van der Waals surface area contributed by atoms with E-state index in [1.165, 1.54) is 21.6 Å². The van der Waals surface area contributed by atoms with Crippen LogP contribution in [0.4, 0.5) is 0 Å². The van der Waals surface area contributed by atoms with E-state index in [0.29, 0.717) is 0 Å². The Morgan fingerprint density at radius 1 is 0.441 bits per heavy atom. The van der Waals surface area contributed by atoms with Crippen LogP contribution in [0.2, 0.25) is 0 Å². The molecule has 4 aromatic rings. The normalized spacial score (nSPS) is 11.6. The molecule has 0 atom stereocenters. The van der Waals surface area contributed by atoms with Crippen LogP contribution in [0.1, 0.15) is 22.3 Å². The van der Waals surface area contributed by atoms with Gasteiger partial charge in [-0.3, -0.25) is 9.59 Å². The van der Waals surface area contributed by atoms with Gasteiger partial charge in [0.15, 0.2) is 9.49 Å². The molecule has 34 heavy (non-hydrogen) atoms. The number of hydrogen-bond acceptors (Lipinski definition) is 4. The molecule has 0 aliphatic rings. The van der Waals surface area contributed by atoms with Crippen LogP contribution in [0.25, 0.3) is 0 Å². The van der Waals surface area contributed by atoms with Gasteiger partial charge in [-0.2, -0.15) is 0 Å². The Balaban J connectivity index is 1.92. The van der Waals surface area contributed by atoms with Crippen molar-refractivity contribution in [1.29, 1.82) is 0 Å². The highest BCUT2D eigenvalue weighted by Crippen LogP contribution is 2.57. The van der Waals surface area contributed by atoms with Crippen molar-refractivity contribution in [3.05, 3.63) is 144 Å². The molecule has 0 aliphatic heterocycles. The van der Waals surface area contributed by atoms with Crippen LogP contribution in [-0.4, -0.2) is 11.8 Å². The van der Waals surface area contributed by atoms with E-state index in [1.54, 1.807) is 0 Å². The van der Waals surface area contributed by atoms with Crippen LogP contribution in [-0.2, 0) is 19.1 Å². The Morgan fingerprint density at radius 2 is 0.647 bits per heavy atom. The molecule has 6 heteroatoms. The van der Waals surface area contributed by atoms with Crippen LogP contribution in [0.15, 0.2) is 121 Å². The second kappa shape index (κ2) is 10.2. The van der Waals surface area contributed by atoms with E-state index >= 15 is 0 Å². The third kappa shape index (κ3) is 4.22. The van der Waals surface area contributed by atoms with Gasteiger partial charge in [-0.1, -0.05) is 143 Å². The summed E-state index contributed by atoms with van der Waals surface area (Å²) >= 11 is 0. The Hall–Kier alpha value is -3.48. The molecular weight excluding hydrogens is 460 g/mol. The summed E-state index contributed by atoms with van der Waals surface area (Å²) in [5.41, 5.74) is 15.2. The van der Waals surface area contributed by atoms with Gasteiger partial charge in [0.1, 0.15) is 0 Å². The summed E-state index contributed by atoms with van der Waals surface area (Å²) in [5, 5.41) is 0. The van der Waals surface area contributed by atoms with Gasteiger partial charge in [0, 0.05) is 0 Å². The quantitative estimate of drug-likeness (QED) is 0.319. The minimum Gasteiger partial charge on any atom is -0.368 e. The van der Waals surface area contributed by atoms with Crippen LogP contribution in [0.5, 0.6) is 0 Å². The fraction of sp³-hybridized carbons (Fsp3) is 0.0714. The summed E-state index contributed by atoms with van der Waals surface area (Å²) in [5.74, 6) is -1.05. The van der Waals surface area contributed by atoms with Crippen LogP contribution in [0.3, 0.4) is 0 Å². The van der Waals surface area contributed by atoms with Crippen LogP contribution >= 0.6 is 21.6 Å². The molecule has 4 N–H and O–H groups in total. The first-order valence-electron chi connectivity index (χ1n) is 10.7. The van der Waals surface area contributed by atoms with E-state index in [1.807, 2.05) is 121 Å². The fourth-order valence-electron chi connectivity index (χ4n) is 3.99. The molecule has 0 unspecified atom stereocenters. The number of amides is 2. The lowest BCUT2D eigenvalue weighted by Crippen LogP contribution is -2.42. The van der Waals surface area contributed by atoms with Crippen LogP contribution in [0, 0.1) is 0 Å². The van der Waals surface area contributed by atoms with Crippen molar-refractivity contribution in [2.24, 2.45) is 11.5 Å². The Labute approximate surface area is 207 Å². The van der Waals surface area contributed by atoms with E-state index in [0.717, 1.165) is 22.3 Å². The van der Waals surface area contributed by atoms with Gasteiger partial charge in [-0.05, 0) is 22.3 Å². The molecule has 0 radical (unpaired) electrons. The number of rotatable bonds is 9. The molecule has 0 fully saturated rings. The first kappa shape index (κ1) is 23.7. The first-order chi connectivity index (χ1) is 16.5. The van der Waals surface area contributed by atoms with Crippen molar-refractivity contribution in [2.45, 2.75) is 9.49 Å². The molecule has 0 aliphatic carbocycles. The minimum atomic E-state index is -1.25. The summed E-state index contributed by atoms with van der Waals surface area (Å²) < 4.78 is -2.51. The summed E-state index contributed by atoms with van der Waals surface area (Å²) in [4.78, 5) is 26.5. The number of nitrogens with two attached hydrogens (primary N) is 2. The van der Waals surface area contributed by atoms with E-state index < -0.39 is 21.3 Å². The van der Waals surface area contributed by atoms with Gasteiger partial charge in [-0.25, -0.2) is 0 Å². The molecule has 2 amide bonds. The highest BCUT2D eigenvalue weighted by molar-refractivity contribution is 8.77. The van der Waals surface area contributed by atoms with Crippen molar-refractivity contribution in [1.82, 2.24) is 0 Å². The lowest BCUT2D eigenvalue weighted by atomic mass is 9.89. The van der Waals surface area contributed by atoms with Gasteiger partial charge in [0.05, 0.1) is 0 Å². The molecule has 0 saturated carbocycles. The zero-order valence-electron chi connectivity index (χ0n) is 18.3. The number of hydrogen-bond donors (Lipinski definition) is 2. The summed E-state index contributed by atoms with van der Waals surface area (Å²) in [6, 6.07) is 37.5. The number of benzene rings is 4. The fourth-order valence-corrected chi connectivity index (χ4v) is 7.73. The summed E-state index contributed by atoms with van der Waals surface area (Å²) in [6.07, 6.45) is 0. The third-order valence-corrected chi connectivity index (χ3v) is 9.39. The van der Waals surface area contributed by atoms with E-state index in [4.69, 9.17) is 11.5 Å². The topological polar surface area (TPSA) is 86.2 Å². The van der Waals surface area contributed by atoms with Crippen molar-refractivity contribution in [2.75, 3.05) is 0 Å². The van der Waals surface area contributed by atoms with E-state index in [2.05, 4.69) is 0 Å². The van der Waals surface area contributed by atoms with Gasteiger partial charge >= 0.3 is 0 Å². The Bertz CT molecular complexity index is 1070. The maximum atomic E-state index is 13.3. The highest BCUT2D eigenvalue weighted by Gasteiger charge is 2.48. The molecule has 4 aromatic carbocycles. The SMILES string of the molecule is NC(=O)C(SSC(C(N)=O)(c1ccccc1)c1ccccc1)(c1ccccc1)c1ccccc1. The minimum absolute atomic E-state index is 0.526. The Morgan fingerprint density at radius 3 is 0.824 bits per heavy atom. The van der Waals surface area contributed by atoms with E-state index in [9.17, 15) is 9.59 Å². The molecular formula is C28H24N2O2S2. The van der Waals surface area contributed by atoms with Crippen molar-refractivity contribution in [3.63, 3.8) is 0 Å². The molecule has 0 heterocycles. The molecule has 0 bridgehead atoms. The smallest absolute Gasteiger partial charge is 0.243 e. The van der Waals surface area contributed by atoms with Gasteiger partial charge in [-0.15, -0.1) is 0 Å². The van der Waals surface area contributed by atoms with Crippen molar-refractivity contribution in [3.8, 4) is 0 Å². The molecule has 0 spiro atoms. The second-order valence-electron chi connectivity index (χ2n) is 7.72. The average Bonchev–Trinajstić information content (AvgIpc) is 2.89. The van der Waals surface area contributed by atoms with Crippen LogP contribution < -0.4 is 11.5 Å². The zero-order chi connectivity index (χ0) is 24.0. The van der Waals surface area contributed by atoms with Crippen molar-refractivity contribution >= 4 is 33.4 Å². The van der Waals surface area contributed by atoms with E-state index in [-0.39, 0.29) is 0 Å². The molecule has 170 valence electrons. The maximum Gasteiger partial charge on any atom is 0.243 e. The molecule has 0 aromatic heterocycles. The largest absolute Gasteiger partial charge is 0.368 e. The maximum absolute atomic E-state index is 13.3. The lowest BCUT2D eigenvalue weighted by molar-refractivity contribution is -0.120. The average molecular weight is 485 g/mol. The standard InChI is InChI=1S/C28H24N2O2S2/c29-25(31)27(21-13-5-1-6-14-21,22-15-7-2-8-16-22)33-34-28(26(30)32,23-17-9-3-10-18-23)24-19-11-4-12-20-24/h1-20H,(H2,29,31)(H2,30,32). The monoisotopic (exact) mass is 484 g/mol. The Kier molecular flexibility index (Phi) is 7.10. The predicted molar refractivity (Wildman–Crippen MR) is 141 cm³/mol. The number of carbonyl (C=O) groups excluding carboxylic acids is 2. The molecule has 4 nitrogen and oxygen atoms in total. The van der Waals surface area contributed by atoms with Crippen molar-refractivity contribution < 1.29 is 9.59 Å². The van der Waals surface area contributed by atoms with Gasteiger partial charge in [0.2, 0.25) is 11.8 Å². The van der Waals surface area contributed by atoms with Gasteiger partial charge < -0.3 is 11.5 Å². The summed E-state index contributed by atoms with van der Waals surface area (Å²) in [7, 11) is 2.50. The highest BCUT2D eigenvalue weighted by atomic mass is 33.1. The van der Waals surface area contributed by atoms with Gasteiger partial charge in [0.25, 0.3) is 0 Å². The molecule has 4 rings (SSSR count). The summed E-state index contributed by atoms with van der Waals surface area (Å²) in [6.45, 7) is 0. The second-order valence-corrected chi connectivity index (χ2v) is 10.3. The predicted octanol–water partition coefficient (Wildman–Crippen LogP) is 5.23. The lowest BCUT2D eigenvalue weighted by Gasteiger charge is -2.36. The zero-order valence-corrected chi connectivity index (χ0v) is 20.0.